The van der Waals surface area contributed by atoms with E-state index in [1.165, 1.54) is 22.3 Å². The average molecular weight is 254 g/mol. The predicted molar refractivity (Wildman–Crippen MR) is 80.4 cm³/mol. The molecule has 100 valence electrons. The van der Waals surface area contributed by atoms with Gasteiger partial charge in [-0.15, -0.1) is 0 Å². The first kappa shape index (κ1) is 13.8. The number of aryl methyl sites for hydroxylation is 3. The van der Waals surface area contributed by atoms with E-state index >= 15 is 0 Å². The van der Waals surface area contributed by atoms with E-state index < -0.39 is 0 Å². The normalized spacial score (nSPS) is 12.4. The van der Waals surface area contributed by atoms with E-state index in [0.29, 0.717) is 0 Å². The first-order chi connectivity index (χ1) is 9.13. The maximum absolute atomic E-state index is 4.58. The van der Waals surface area contributed by atoms with Crippen molar-refractivity contribution in [1.82, 2.24) is 10.3 Å². The smallest absolute Gasteiger partial charge is 0.0756 e. The molecule has 2 nitrogen and oxygen atoms in total. The van der Waals surface area contributed by atoms with Crippen LogP contribution >= 0.6 is 0 Å². The molecule has 1 unspecified atom stereocenters. The largest absolute Gasteiger partial charge is 0.305 e. The van der Waals surface area contributed by atoms with Crippen molar-refractivity contribution in [3.63, 3.8) is 0 Å². The molecule has 0 aliphatic heterocycles. The lowest BCUT2D eigenvalue weighted by Crippen LogP contribution is -2.24. The van der Waals surface area contributed by atoms with Gasteiger partial charge in [0.2, 0.25) is 0 Å². The highest BCUT2D eigenvalue weighted by Crippen LogP contribution is 2.26. The van der Waals surface area contributed by atoms with Crippen LogP contribution in [0.3, 0.4) is 0 Å². The van der Waals surface area contributed by atoms with E-state index in [1.807, 2.05) is 12.3 Å². The van der Waals surface area contributed by atoms with Crippen LogP contribution in [-0.2, 0) is 0 Å². The molecule has 0 amide bonds. The standard InChI is InChI=1S/C17H22N2/c1-5-18-17(16-14(4)7-6-10-19-16)15-11-12(2)8-9-13(15)3/h6-11,17-18H,5H2,1-4H3. The van der Waals surface area contributed by atoms with Crippen molar-refractivity contribution >= 4 is 0 Å². The highest BCUT2D eigenvalue weighted by molar-refractivity contribution is 5.39. The summed E-state index contributed by atoms with van der Waals surface area (Å²) < 4.78 is 0. The van der Waals surface area contributed by atoms with Gasteiger partial charge >= 0.3 is 0 Å². The van der Waals surface area contributed by atoms with Crippen molar-refractivity contribution < 1.29 is 0 Å². The Labute approximate surface area is 115 Å². The van der Waals surface area contributed by atoms with E-state index in [-0.39, 0.29) is 6.04 Å². The van der Waals surface area contributed by atoms with Crippen molar-refractivity contribution in [2.45, 2.75) is 33.7 Å². The molecule has 0 bridgehead atoms. The fourth-order valence-corrected chi connectivity index (χ4v) is 2.43. The Hall–Kier alpha value is -1.67. The summed E-state index contributed by atoms with van der Waals surface area (Å²) in [5.41, 5.74) is 6.27. The van der Waals surface area contributed by atoms with Crippen LogP contribution in [-0.4, -0.2) is 11.5 Å². The molecule has 19 heavy (non-hydrogen) atoms. The molecule has 2 rings (SSSR count). The molecule has 0 radical (unpaired) electrons. The number of nitrogens with zero attached hydrogens (tertiary/aromatic N) is 1. The molecule has 0 aliphatic carbocycles. The highest BCUT2D eigenvalue weighted by Gasteiger charge is 2.18. The second-order valence-electron chi connectivity index (χ2n) is 5.06. The summed E-state index contributed by atoms with van der Waals surface area (Å²) in [5.74, 6) is 0. The number of aromatic nitrogens is 1. The molecule has 0 saturated heterocycles. The topological polar surface area (TPSA) is 24.9 Å². The van der Waals surface area contributed by atoms with Crippen LogP contribution in [0.15, 0.2) is 36.5 Å². The van der Waals surface area contributed by atoms with Gasteiger partial charge in [0, 0.05) is 6.20 Å². The van der Waals surface area contributed by atoms with Gasteiger partial charge < -0.3 is 5.32 Å². The molecule has 0 spiro atoms. The van der Waals surface area contributed by atoms with Crippen LogP contribution in [0.4, 0.5) is 0 Å². The Bertz CT molecular complexity index is 561. The van der Waals surface area contributed by atoms with Gasteiger partial charge in [-0.2, -0.15) is 0 Å². The molecule has 1 atom stereocenters. The third-order valence-corrected chi connectivity index (χ3v) is 3.48. The van der Waals surface area contributed by atoms with E-state index in [1.54, 1.807) is 0 Å². The lowest BCUT2D eigenvalue weighted by atomic mass is 9.94. The molecule has 1 heterocycles. The Morgan fingerprint density at radius 1 is 1.11 bits per heavy atom. The summed E-state index contributed by atoms with van der Waals surface area (Å²) in [6.07, 6.45) is 1.87. The van der Waals surface area contributed by atoms with Crippen molar-refractivity contribution in [3.05, 3.63) is 64.5 Å². The van der Waals surface area contributed by atoms with Crippen molar-refractivity contribution in [3.8, 4) is 0 Å². The Morgan fingerprint density at radius 2 is 1.89 bits per heavy atom. The zero-order chi connectivity index (χ0) is 13.8. The van der Waals surface area contributed by atoms with Gasteiger partial charge in [-0.25, -0.2) is 0 Å². The van der Waals surface area contributed by atoms with Gasteiger partial charge in [0.15, 0.2) is 0 Å². The lowest BCUT2D eigenvalue weighted by molar-refractivity contribution is 0.609. The van der Waals surface area contributed by atoms with Gasteiger partial charge in [-0.05, 0) is 50.1 Å². The molecular weight excluding hydrogens is 232 g/mol. The summed E-state index contributed by atoms with van der Waals surface area (Å²) in [6, 6.07) is 10.9. The molecule has 1 aromatic carbocycles. The van der Waals surface area contributed by atoms with Crippen LogP contribution < -0.4 is 5.32 Å². The van der Waals surface area contributed by atoms with Crippen LogP contribution in [0, 0.1) is 20.8 Å². The quantitative estimate of drug-likeness (QED) is 0.899. The Morgan fingerprint density at radius 3 is 2.58 bits per heavy atom. The third kappa shape index (κ3) is 3.02. The summed E-state index contributed by atoms with van der Waals surface area (Å²) in [6.45, 7) is 9.48. The third-order valence-electron chi connectivity index (χ3n) is 3.48. The van der Waals surface area contributed by atoms with E-state index in [2.05, 4.69) is 62.3 Å². The summed E-state index contributed by atoms with van der Waals surface area (Å²) in [4.78, 5) is 4.58. The number of rotatable bonds is 4. The Kier molecular flexibility index (Phi) is 4.33. The predicted octanol–water partition coefficient (Wildman–Crippen LogP) is 3.71. The zero-order valence-electron chi connectivity index (χ0n) is 12.2. The van der Waals surface area contributed by atoms with E-state index in [4.69, 9.17) is 0 Å². The molecule has 0 aliphatic rings. The first-order valence-corrected chi connectivity index (χ1v) is 6.85. The molecule has 0 fully saturated rings. The number of pyridine rings is 1. The van der Waals surface area contributed by atoms with Crippen LogP contribution in [0.2, 0.25) is 0 Å². The first-order valence-electron chi connectivity index (χ1n) is 6.85. The molecular formula is C17H22N2. The minimum absolute atomic E-state index is 0.172. The van der Waals surface area contributed by atoms with Gasteiger partial charge in [0.05, 0.1) is 11.7 Å². The van der Waals surface area contributed by atoms with Crippen LogP contribution in [0.25, 0.3) is 0 Å². The maximum Gasteiger partial charge on any atom is 0.0756 e. The number of benzene rings is 1. The molecule has 1 N–H and O–H groups in total. The van der Waals surface area contributed by atoms with Crippen molar-refractivity contribution in [1.29, 1.82) is 0 Å². The summed E-state index contributed by atoms with van der Waals surface area (Å²) in [5, 5.41) is 3.56. The van der Waals surface area contributed by atoms with Gasteiger partial charge in [-0.3, -0.25) is 4.98 Å². The van der Waals surface area contributed by atoms with E-state index in [0.717, 1.165) is 12.2 Å². The molecule has 1 aromatic heterocycles. The summed E-state index contributed by atoms with van der Waals surface area (Å²) in [7, 11) is 0. The molecule has 0 saturated carbocycles. The fraction of sp³-hybridized carbons (Fsp3) is 0.353. The molecule has 2 heteroatoms. The second kappa shape index (κ2) is 5.98. The van der Waals surface area contributed by atoms with Gasteiger partial charge in [0.25, 0.3) is 0 Å². The highest BCUT2D eigenvalue weighted by atomic mass is 14.9. The van der Waals surface area contributed by atoms with Crippen LogP contribution in [0.1, 0.15) is 40.9 Å². The monoisotopic (exact) mass is 254 g/mol. The van der Waals surface area contributed by atoms with Gasteiger partial charge in [0.1, 0.15) is 0 Å². The number of hydrogen-bond donors (Lipinski definition) is 1. The van der Waals surface area contributed by atoms with Crippen LogP contribution in [0.5, 0.6) is 0 Å². The van der Waals surface area contributed by atoms with Crippen molar-refractivity contribution in [2.75, 3.05) is 6.54 Å². The number of hydrogen-bond acceptors (Lipinski definition) is 2. The SMILES string of the molecule is CCNC(c1cc(C)ccc1C)c1ncccc1C. The average Bonchev–Trinajstić information content (AvgIpc) is 2.40. The van der Waals surface area contributed by atoms with E-state index in [9.17, 15) is 0 Å². The minimum Gasteiger partial charge on any atom is -0.305 e. The molecule has 2 aromatic rings. The fourth-order valence-electron chi connectivity index (χ4n) is 2.43. The zero-order valence-corrected chi connectivity index (χ0v) is 12.2. The Balaban J connectivity index is 2.51. The lowest BCUT2D eigenvalue weighted by Gasteiger charge is -2.22. The maximum atomic E-state index is 4.58. The second-order valence-corrected chi connectivity index (χ2v) is 5.06. The van der Waals surface area contributed by atoms with Gasteiger partial charge in [-0.1, -0.05) is 36.8 Å². The minimum atomic E-state index is 0.172. The summed E-state index contributed by atoms with van der Waals surface area (Å²) >= 11 is 0. The van der Waals surface area contributed by atoms with Crippen molar-refractivity contribution in [2.24, 2.45) is 0 Å². The number of nitrogens with one attached hydrogen (secondary N) is 1.